The highest BCUT2D eigenvalue weighted by Gasteiger charge is 2.25. The minimum absolute atomic E-state index is 0.200. The Morgan fingerprint density at radius 1 is 1.09 bits per heavy atom. The molecule has 11 heavy (non-hydrogen) atoms. The molecule has 0 saturated heterocycles. The van der Waals surface area contributed by atoms with Gasteiger partial charge in [-0.05, 0) is 12.8 Å². The van der Waals surface area contributed by atoms with Gasteiger partial charge in [-0.25, -0.2) is 0 Å². The molecule has 0 aromatic rings. The Bertz CT molecular complexity index is 129. The molecule has 0 atom stereocenters. The molecule has 64 valence electrons. The van der Waals surface area contributed by atoms with Gasteiger partial charge in [-0.2, -0.15) is 13.2 Å². The zero-order chi connectivity index (χ0) is 8.74. The van der Waals surface area contributed by atoms with E-state index in [0.29, 0.717) is 19.3 Å². The van der Waals surface area contributed by atoms with Crippen LogP contribution in [0.5, 0.6) is 0 Å². The SMILES string of the molecule is C#CCCCCCC(F)(F)F. The van der Waals surface area contributed by atoms with Crippen LogP contribution in [0, 0.1) is 12.3 Å². The quantitative estimate of drug-likeness (QED) is 0.442. The number of unbranched alkanes of at least 4 members (excludes halogenated alkanes) is 3. The summed E-state index contributed by atoms with van der Waals surface area (Å²) in [5.74, 6) is 2.38. The molecule has 0 amide bonds. The van der Waals surface area contributed by atoms with Gasteiger partial charge < -0.3 is 0 Å². The maximum atomic E-state index is 11.5. The first-order valence-electron chi connectivity index (χ1n) is 3.56. The van der Waals surface area contributed by atoms with Crippen molar-refractivity contribution in [2.24, 2.45) is 0 Å². The van der Waals surface area contributed by atoms with Gasteiger partial charge in [0, 0.05) is 12.8 Å². The Hall–Kier alpha value is -0.650. The van der Waals surface area contributed by atoms with Crippen LogP contribution in [-0.2, 0) is 0 Å². The standard InChI is InChI=1S/C8H11F3/c1-2-3-4-5-6-7-8(9,10)11/h1H,3-7H2. The fourth-order valence-corrected chi connectivity index (χ4v) is 0.729. The molecule has 0 bridgehead atoms. The smallest absolute Gasteiger partial charge is 0.171 e. The van der Waals surface area contributed by atoms with Gasteiger partial charge in [-0.15, -0.1) is 12.3 Å². The van der Waals surface area contributed by atoms with Crippen molar-refractivity contribution < 1.29 is 13.2 Å². The molecule has 0 rings (SSSR count). The van der Waals surface area contributed by atoms with Gasteiger partial charge in [0.05, 0.1) is 0 Å². The highest BCUT2D eigenvalue weighted by molar-refractivity contribution is 4.82. The molecule has 3 heteroatoms. The molecule has 0 spiro atoms. The van der Waals surface area contributed by atoms with Crippen molar-refractivity contribution in [3.05, 3.63) is 0 Å². The maximum Gasteiger partial charge on any atom is 0.389 e. The summed E-state index contributed by atoms with van der Waals surface area (Å²) >= 11 is 0. The summed E-state index contributed by atoms with van der Waals surface area (Å²) in [6.45, 7) is 0. The van der Waals surface area contributed by atoms with Crippen molar-refractivity contribution >= 4 is 0 Å². The lowest BCUT2D eigenvalue weighted by Gasteiger charge is -2.03. The van der Waals surface area contributed by atoms with E-state index in [1.807, 2.05) is 0 Å². The fourth-order valence-electron chi connectivity index (χ4n) is 0.729. The van der Waals surface area contributed by atoms with Crippen LogP contribution in [0.25, 0.3) is 0 Å². The normalized spacial score (nSPS) is 11.1. The van der Waals surface area contributed by atoms with Crippen LogP contribution in [0.4, 0.5) is 13.2 Å². The van der Waals surface area contributed by atoms with E-state index in [0.717, 1.165) is 0 Å². The molecule has 0 N–H and O–H groups in total. The molecular weight excluding hydrogens is 153 g/mol. The van der Waals surface area contributed by atoms with Crippen molar-refractivity contribution in [3.63, 3.8) is 0 Å². The summed E-state index contributed by atoms with van der Waals surface area (Å²) in [4.78, 5) is 0. The molecule has 0 heterocycles. The summed E-state index contributed by atoms with van der Waals surface area (Å²) in [5.41, 5.74) is 0. The van der Waals surface area contributed by atoms with Crippen molar-refractivity contribution in [1.29, 1.82) is 0 Å². The van der Waals surface area contributed by atoms with Crippen LogP contribution in [-0.4, -0.2) is 6.18 Å². The van der Waals surface area contributed by atoms with E-state index in [4.69, 9.17) is 6.42 Å². The second kappa shape index (κ2) is 5.06. The van der Waals surface area contributed by atoms with Crippen molar-refractivity contribution in [2.45, 2.75) is 38.3 Å². The summed E-state index contributed by atoms with van der Waals surface area (Å²) in [6.07, 6.45) is 2.29. The van der Waals surface area contributed by atoms with Crippen LogP contribution in [0.2, 0.25) is 0 Å². The molecule has 0 radical (unpaired) electrons. The summed E-state index contributed by atoms with van der Waals surface area (Å²) in [7, 11) is 0. The molecular formula is C8H11F3. The van der Waals surface area contributed by atoms with Gasteiger partial charge in [0.15, 0.2) is 0 Å². The number of halogens is 3. The molecule has 0 aliphatic rings. The Kier molecular flexibility index (Phi) is 4.76. The average molecular weight is 164 g/mol. The first kappa shape index (κ1) is 10.3. The lowest BCUT2D eigenvalue weighted by molar-refractivity contribution is -0.135. The third-order valence-corrected chi connectivity index (χ3v) is 1.28. The van der Waals surface area contributed by atoms with Gasteiger partial charge >= 0.3 is 6.18 Å². The lowest BCUT2D eigenvalue weighted by atomic mass is 10.1. The number of alkyl halides is 3. The van der Waals surface area contributed by atoms with Crippen molar-refractivity contribution in [2.75, 3.05) is 0 Å². The van der Waals surface area contributed by atoms with Crippen LogP contribution < -0.4 is 0 Å². The van der Waals surface area contributed by atoms with Crippen LogP contribution in [0.3, 0.4) is 0 Å². The topological polar surface area (TPSA) is 0 Å². The van der Waals surface area contributed by atoms with Gasteiger partial charge in [0.2, 0.25) is 0 Å². The molecule has 0 fully saturated rings. The van der Waals surface area contributed by atoms with Crippen molar-refractivity contribution in [3.8, 4) is 12.3 Å². The monoisotopic (exact) mass is 164 g/mol. The van der Waals surface area contributed by atoms with E-state index < -0.39 is 12.6 Å². The molecule has 0 aliphatic heterocycles. The first-order valence-corrected chi connectivity index (χ1v) is 3.56. The maximum absolute atomic E-state index is 11.5. The van der Waals surface area contributed by atoms with Gasteiger partial charge in [0.1, 0.15) is 0 Å². The minimum atomic E-state index is -4.00. The van der Waals surface area contributed by atoms with E-state index in [2.05, 4.69) is 5.92 Å². The van der Waals surface area contributed by atoms with Crippen LogP contribution in [0.15, 0.2) is 0 Å². The van der Waals surface area contributed by atoms with E-state index in [1.165, 1.54) is 0 Å². The number of hydrogen-bond donors (Lipinski definition) is 0. The average Bonchev–Trinajstić information content (AvgIpc) is 1.85. The third-order valence-electron chi connectivity index (χ3n) is 1.28. The number of terminal acetylenes is 1. The summed E-state index contributed by atoms with van der Waals surface area (Å²) < 4.78 is 34.6. The summed E-state index contributed by atoms with van der Waals surface area (Å²) in [5, 5.41) is 0. The third kappa shape index (κ3) is 9.35. The highest BCUT2D eigenvalue weighted by Crippen LogP contribution is 2.22. The largest absolute Gasteiger partial charge is 0.389 e. The Labute approximate surface area is 64.8 Å². The lowest BCUT2D eigenvalue weighted by Crippen LogP contribution is -2.06. The molecule has 0 aromatic heterocycles. The molecule has 0 aliphatic carbocycles. The Morgan fingerprint density at radius 3 is 2.18 bits per heavy atom. The van der Waals surface area contributed by atoms with E-state index in [9.17, 15) is 13.2 Å². The molecule has 0 saturated carbocycles. The fraction of sp³-hybridized carbons (Fsp3) is 0.750. The van der Waals surface area contributed by atoms with Gasteiger partial charge in [-0.3, -0.25) is 0 Å². The zero-order valence-electron chi connectivity index (χ0n) is 6.25. The van der Waals surface area contributed by atoms with E-state index in [1.54, 1.807) is 0 Å². The van der Waals surface area contributed by atoms with Crippen LogP contribution in [0.1, 0.15) is 32.1 Å². The Balaban J connectivity index is 3.10. The highest BCUT2D eigenvalue weighted by atomic mass is 19.4. The summed E-state index contributed by atoms with van der Waals surface area (Å²) in [6, 6.07) is 0. The Morgan fingerprint density at radius 2 is 1.73 bits per heavy atom. The van der Waals surface area contributed by atoms with E-state index >= 15 is 0 Å². The molecule has 0 unspecified atom stereocenters. The predicted molar refractivity (Wildman–Crippen MR) is 38.0 cm³/mol. The number of rotatable bonds is 4. The molecule has 0 aromatic carbocycles. The van der Waals surface area contributed by atoms with Crippen LogP contribution >= 0.6 is 0 Å². The minimum Gasteiger partial charge on any atom is -0.171 e. The van der Waals surface area contributed by atoms with E-state index in [-0.39, 0.29) is 6.42 Å². The first-order chi connectivity index (χ1) is 5.06. The number of hydrogen-bond acceptors (Lipinski definition) is 0. The van der Waals surface area contributed by atoms with Crippen molar-refractivity contribution in [1.82, 2.24) is 0 Å². The second-order valence-electron chi connectivity index (χ2n) is 2.38. The van der Waals surface area contributed by atoms with Gasteiger partial charge in [0.25, 0.3) is 0 Å². The zero-order valence-corrected chi connectivity index (χ0v) is 6.25. The second-order valence-corrected chi connectivity index (χ2v) is 2.38. The predicted octanol–water partition coefficient (Wildman–Crippen LogP) is 3.13. The van der Waals surface area contributed by atoms with Gasteiger partial charge in [-0.1, -0.05) is 6.42 Å². The molecule has 0 nitrogen and oxygen atoms in total.